The van der Waals surface area contributed by atoms with Gasteiger partial charge in [0.1, 0.15) is 0 Å². The van der Waals surface area contributed by atoms with Crippen molar-refractivity contribution < 1.29 is 4.79 Å². The Kier molecular flexibility index (Phi) is 3.10. The Morgan fingerprint density at radius 2 is 1.50 bits per heavy atom. The van der Waals surface area contributed by atoms with Crippen molar-refractivity contribution >= 4 is 45.6 Å². The van der Waals surface area contributed by atoms with E-state index in [1.807, 2.05) is 36.4 Å². The third kappa shape index (κ3) is 1.92. The van der Waals surface area contributed by atoms with Crippen LogP contribution in [-0.4, -0.2) is 5.91 Å². The van der Waals surface area contributed by atoms with Crippen LogP contribution in [-0.2, 0) is 6.54 Å². The molecule has 1 heterocycles. The summed E-state index contributed by atoms with van der Waals surface area (Å²) in [5.74, 6) is -0.0113. The van der Waals surface area contributed by atoms with Crippen LogP contribution in [0.2, 0.25) is 10.0 Å². The maximum Gasteiger partial charge on any atom is 0.259 e. The Morgan fingerprint density at radius 3 is 2.23 bits per heavy atom. The molecule has 0 saturated carbocycles. The molecule has 3 aromatic carbocycles. The average molecular weight is 328 g/mol. The van der Waals surface area contributed by atoms with Gasteiger partial charge in [0.05, 0.1) is 12.2 Å². The highest BCUT2D eigenvalue weighted by atomic mass is 35.5. The van der Waals surface area contributed by atoms with Gasteiger partial charge in [0.25, 0.3) is 5.91 Å². The number of amides is 1. The van der Waals surface area contributed by atoms with E-state index in [1.54, 1.807) is 23.1 Å². The van der Waals surface area contributed by atoms with E-state index in [0.29, 0.717) is 16.6 Å². The summed E-state index contributed by atoms with van der Waals surface area (Å²) in [6, 6.07) is 17.1. The van der Waals surface area contributed by atoms with Gasteiger partial charge in [-0.3, -0.25) is 4.79 Å². The van der Waals surface area contributed by atoms with Gasteiger partial charge in [0.2, 0.25) is 0 Å². The lowest BCUT2D eigenvalue weighted by atomic mass is 10.1. The number of rotatable bonds is 2. The van der Waals surface area contributed by atoms with Crippen molar-refractivity contribution in [2.75, 3.05) is 4.90 Å². The van der Waals surface area contributed by atoms with Gasteiger partial charge in [0.15, 0.2) is 0 Å². The van der Waals surface area contributed by atoms with Crippen LogP contribution < -0.4 is 4.90 Å². The minimum absolute atomic E-state index is 0.0113. The Balaban J connectivity index is 1.86. The van der Waals surface area contributed by atoms with Gasteiger partial charge in [-0.05, 0) is 29.7 Å². The van der Waals surface area contributed by atoms with Crippen molar-refractivity contribution in [2.45, 2.75) is 6.54 Å². The van der Waals surface area contributed by atoms with E-state index in [0.717, 1.165) is 27.6 Å². The van der Waals surface area contributed by atoms with Gasteiger partial charge >= 0.3 is 0 Å². The highest BCUT2D eigenvalue weighted by molar-refractivity contribution is 6.36. The van der Waals surface area contributed by atoms with E-state index >= 15 is 0 Å². The van der Waals surface area contributed by atoms with E-state index < -0.39 is 0 Å². The molecule has 0 radical (unpaired) electrons. The average Bonchev–Trinajstić information content (AvgIpc) is 2.79. The van der Waals surface area contributed by atoms with Crippen molar-refractivity contribution in [3.05, 3.63) is 75.8 Å². The summed E-state index contributed by atoms with van der Waals surface area (Å²) >= 11 is 12.5. The molecule has 22 heavy (non-hydrogen) atoms. The zero-order chi connectivity index (χ0) is 15.3. The molecule has 4 rings (SSSR count). The topological polar surface area (TPSA) is 20.3 Å². The van der Waals surface area contributed by atoms with Gasteiger partial charge in [0, 0.05) is 26.6 Å². The molecule has 0 aromatic heterocycles. The highest BCUT2D eigenvalue weighted by Crippen LogP contribution is 2.39. The molecule has 3 aromatic rings. The van der Waals surface area contributed by atoms with E-state index in [1.165, 1.54) is 0 Å². The lowest BCUT2D eigenvalue weighted by Crippen LogP contribution is -2.26. The summed E-state index contributed by atoms with van der Waals surface area (Å²) in [6.07, 6.45) is 0. The second-order valence-corrected chi connectivity index (χ2v) is 6.09. The molecule has 1 aliphatic rings. The van der Waals surface area contributed by atoms with Crippen LogP contribution in [0.3, 0.4) is 0 Å². The number of halogens is 2. The summed E-state index contributed by atoms with van der Waals surface area (Å²) in [4.78, 5) is 14.5. The third-order valence-electron chi connectivity index (χ3n) is 4.03. The number of anilines is 1. The molecule has 1 aliphatic heterocycles. The number of hydrogen-bond donors (Lipinski definition) is 0. The smallest absolute Gasteiger partial charge is 0.259 e. The molecule has 0 bridgehead atoms. The Bertz CT molecular complexity index is 895. The van der Waals surface area contributed by atoms with E-state index in [-0.39, 0.29) is 5.91 Å². The van der Waals surface area contributed by atoms with Gasteiger partial charge in [-0.25, -0.2) is 0 Å². The first kappa shape index (κ1) is 13.6. The summed E-state index contributed by atoms with van der Waals surface area (Å²) < 4.78 is 0. The van der Waals surface area contributed by atoms with Crippen LogP contribution in [0.5, 0.6) is 0 Å². The minimum atomic E-state index is -0.0113. The molecular formula is C18H11Cl2NO. The predicted molar refractivity (Wildman–Crippen MR) is 90.9 cm³/mol. The molecule has 0 fully saturated rings. The van der Waals surface area contributed by atoms with Crippen molar-refractivity contribution in [3.63, 3.8) is 0 Å². The van der Waals surface area contributed by atoms with E-state index in [2.05, 4.69) is 0 Å². The fourth-order valence-corrected chi connectivity index (χ4v) is 3.49. The normalized spacial score (nSPS) is 13.2. The molecule has 0 atom stereocenters. The number of carbonyl (C=O) groups excluding carboxylic acids is 1. The number of carbonyl (C=O) groups is 1. The fourth-order valence-electron chi connectivity index (χ4n) is 2.98. The first-order valence-corrected chi connectivity index (χ1v) is 7.69. The van der Waals surface area contributed by atoms with Gasteiger partial charge in [-0.2, -0.15) is 0 Å². The summed E-state index contributed by atoms with van der Waals surface area (Å²) in [6.45, 7) is 0.366. The molecule has 0 N–H and O–H groups in total. The molecule has 4 heteroatoms. The van der Waals surface area contributed by atoms with Crippen molar-refractivity contribution in [1.29, 1.82) is 0 Å². The molecule has 108 valence electrons. The fraction of sp³-hybridized carbons (Fsp3) is 0.0556. The highest BCUT2D eigenvalue weighted by Gasteiger charge is 2.30. The van der Waals surface area contributed by atoms with Crippen molar-refractivity contribution in [3.8, 4) is 0 Å². The molecular weight excluding hydrogens is 317 g/mol. The van der Waals surface area contributed by atoms with Crippen molar-refractivity contribution in [2.24, 2.45) is 0 Å². The van der Waals surface area contributed by atoms with Crippen LogP contribution >= 0.6 is 23.2 Å². The van der Waals surface area contributed by atoms with E-state index in [9.17, 15) is 4.79 Å². The summed E-state index contributed by atoms with van der Waals surface area (Å²) in [5.41, 5.74) is 2.41. The Morgan fingerprint density at radius 1 is 0.864 bits per heavy atom. The molecule has 1 amide bonds. The van der Waals surface area contributed by atoms with Gasteiger partial charge in [-0.15, -0.1) is 0 Å². The number of hydrogen-bond acceptors (Lipinski definition) is 1. The Hall–Kier alpha value is -2.03. The molecule has 2 nitrogen and oxygen atoms in total. The quantitative estimate of drug-likeness (QED) is 0.624. The molecule has 0 saturated heterocycles. The molecule has 0 aliphatic carbocycles. The van der Waals surface area contributed by atoms with Crippen LogP contribution in [0.25, 0.3) is 10.8 Å². The van der Waals surface area contributed by atoms with Gasteiger partial charge in [-0.1, -0.05) is 53.5 Å². The maximum atomic E-state index is 12.7. The first-order valence-electron chi connectivity index (χ1n) is 6.93. The Labute approximate surface area is 137 Å². The first-order chi connectivity index (χ1) is 10.7. The lowest BCUT2D eigenvalue weighted by Gasteiger charge is -2.19. The zero-order valence-corrected chi connectivity index (χ0v) is 13.0. The van der Waals surface area contributed by atoms with Crippen LogP contribution in [0.15, 0.2) is 54.6 Å². The molecule has 0 unspecified atom stereocenters. The summed E-state index contributed by atoms with van der Waals surface area (Å²) in [7, 11) is 0. The third-order valence-corrected chi connectivity index (χ3v) is 4.74. The second kappa shape index (κ2) is 5.01. The monoisotopic (exact) mass is 327 g/mol. The lowest BCUT2D eigenvalue weighted by molar-refractivity contribution is 0.0991. The van der Waals surface area contributed by atoms with E-state index in [4.69, 9.17) is 23.2 Å². The second-order valence-electron chi connectivity index (χ2n) is 5.27. The zero-order valence-electron chi connectivity index (χ0n) is 11.5. The molecule has 0 spiro atoms. The number of benzene rings is 3. The van der Waals surface area contributed by atoms with Crippen LogP contribution in [0.4, 0.5) is 5.69 Å². The number of nitrogens with zero attached hydrogens (tertiary/aromatic N) is 1. The predicted octanol–water partition coefficient (Wildman–Crippen LogP) is 5.31. The van der Waals surface area contributed by atoms with Crippen LogP contribution in [0, 0.1) is 0 Å². The maximum absolute atomic E-state index is 12.7. The standard InChI is InChI=1S/C18H11Cl2NO/c19-14-7-3-8-15(20)13(14)10-21-16-9-2-5-11-4-1-6-12(17(11)16)18(21)22/h1-9H,10H2. The minimum Gasteiger partial charge on any atom is -0.303 e. The van der Waals surface area contributed by atoms with Gasteiger partial charge < -0.3 is 4.90 Å². The van der Waals surface area contributed by atoms with Crippen molar-refractivity contribution in [1.82, 2.24) is 0 Å². The SMILES string of the molecule is O=C1c2cccc3cccc(c23)N1Cc1c(Cl)cccc1Cl. The summed E-state index contributed by atoms with van der Waals surface area (Å²) in [5, 5.41) is 3.21. The van der Waals surface area contributed by atoms with Crippen LogP contribution in [0.1, 0.15) is 15.9 Å². The largest absolute Gasteiger partial charge is 0.303 e.